The fraction of sp³-hybridized carbons (Fsp3) is 0.136. The first kappa shape index (κ1) is 17.4. The first-order valence-electron chi connectivity index (χ1n) is 9.24. The molecule has 1 aliphatic rings. The zero-order chi connectivity index (χ0) is 20.0. The average Bonchev–Trinajstić information content (AvgIpc) is 3.03. The Bertz CT molecular complexity index is 1240. The number of aryl methyl sites for hydroxylation is 1. The molecule has 0 fully saturated rings. The smallest absolute Gasteiger partial charge is 0.391 e. The molecule has 0 saturated heterocycles. The van der Waals surface area contributed by atoms with Gasteiger partial charge in [-0.2, -0.15) is 10.1 Å². The summed E-state index contributed by atoms with van der Waals surface area (Å²) in [6.07, 6.45) is -0.504. The van der Waals surface area contributed by atoms with Crippen LogP contribution in [0.1, 0.15) is 16.8 Å². The van der Waals surface area contributed by atoms with E-state index in [2.05, 4.69) is 10.1 Å². The molecule has 0 bridgehead atoms. The van der Waals surface area contributed by atoms with Crippen molar-refractivity contribution in [3.63, 3.8) is 0 Å². The molecule has 0 aliphatic carbocycles. The number of ether oxygens (including phenoxy) is 1. The summed E-state index contributed by atoms with van der Waals surface area (Å²) in [6, 6.07) is 17.8. The molecule has 0 spiro atoms. The van der Waals surface area contributed by atoms with Crippen molar-refractivity contribution < 1.29 is 13.9 Å². The number of benzene rings is 2. The van der Waals surface area contributed by atoms with E-state index in [1.54, 1.807) is 16.8 Å². The molecule has 6 nitrogen and oxygen atoms in total. The maximum Gasteiger partial charge on any atom is 0.417 e. The lowest BCUT2D eigenvalue weighted by atomic mass is 10.1. The van der Waals surface area contributed by atoms with Crippen LogP contribution >= 0.6 is 0 Å². The molecule has 0 radical (unpaired) electrons. The Balaban J connectivity index is 1.52. The fourth-order valence-electron chi connectivity index (χ4n) is 3.55. The van der Waals surface area contributed by atoms with Gasteiger partial charge in [0.1, 0.15) is 5.82 Å². The minimum atomic E-state index is -0.504. The average molecular weight is 388 g/mol. The monoisotopic (exact) mass is 388 g/mol. The van der Waals surface area contributed by atoms with Crippen LogP contribution in [0, 0.1) is 12.7 Å². The Labute approximate surface area is 166 Å². The van der Waals surface area contributed by atoms with E-state index in [-0.39, 0.29) is 18.2 Å². The Morgan fingerprint density at radius 3 is 2.72 bits per heavy atom. The summed E-state index contributed by atoms with van der Waals surface area (Å²) in [6.45, 7) is 2.52. The molecule has 4 aromatic rings. The summed E-state index contributed by atoms with van der Waals surface area (Å²) in [7, 11) is 0. The van der Waals surface area contributed by atoms with Crippen LogP contribution in [0.25, 0.3) is 16.7 Å². The van der Waals surface area contributed by atoms with Gasteiger partial charge in [-0.1, -0.05) is 30.3 Å². The van der Waals surface area contributed by atoms with Gasteiger partial charge in [0.25, 0.3) is 0 Å². The fourth-order valence-corrected chi connectivity index (χ4v) is 3.55. The molecule has 2 aromatic carbocycles. The van der Waals surface area contributed by atoms with Crippen molar-refractivity contribution in [1.29, 1.82) is 0 Å². The van der Waals surface area contributed by atoms with Crippen LogP contribution < -0.4 is 4.74 Å². The highest BCUT2D eigenvalue weighted by Gasteiger charge is 2.28. The SMILES string of the molecule is Cc1nn(-c2ccccc2)c2nc3c(cc12)CN(Cc1cccc(F)c1)C(=O)O3. The topological polar surface area (TPSA) is 60.2 Å². The highest BCUT2D eigenvalue weighted by molar-refractivity contribution is 5.83. The van der Waals surface area contributed by atoms with Crippen LogP contribution in [0.3, 0.4) is 0 Å². The number of carbonyl (C=O) groups excluding carboxylic acids is 1. The second-order valence-corrected chi connectivity index (χ2v) is 7.01. The van der Waals surface area contributed by atoms with Gasteiger partial charge < -0.3 is 4.74 Å². The molecule has 3 heterocycles. The van der Waals surface area contributed by atoms with Crippen molar-refractivity contribution >= 4 is 17.1 Å². The van der Waals surface area contributed by atoms with Gasteiger partial charge in [0, 0.05) is 17.5 Å². The molecule has 0 atom stereocenters. The van der Waals surface area contributed by atoms with Crippen LogP contribution in [-0.2, 0) is 13.1 Å². The molecule has 5 rings (SSSR count). The van der Waals surface area contributed by atoms with E-state index in [9.17, 15) is 9.18 Å². The largest absolute Gasteiger partial charge is 0.417 e. The van der Waals surface area contributed by atoms with Gasteiger partial charge in [-0.3, -0.25) is 4.90 Å². The third-order valence-corrected chi connectivity index (χ3v) is 4.95. The number of pyridine rings is 1. The number of fused-ring (bicyclic) bond motifs is 2. The molecule has 1 aliphatic heterocycles. The molecule has 7 heteroatoms. The minimum Gasteiger partial charge on any atom is -0.391 e. The Morgan fingerprint density at radius 1 is 1.10 bits per heavy atom. The highest BCUT2D eigenvalue weighted by atomic mass is 19.1. The second-order valence-electron chi connectivity index (χ2n) is 7.01. The van der Waals surface area contributed by atoms with Crippen molar-refractivity contribution in [1.82, 2.24) is 19.7 Å². The number of rotatable bonds is 3. The third-order valence-electron chi connectivity index (χ3n) is 4.95. The lowest BCUT2D eigenvalue weighted by molar-refractivity contribution is 0.133. The van der Waals surface area contributed by atoms with Gasteiger partial charge in [-0.25, -0.2) is 13.9 Å². The molecule has 144 valence electrons. The number of hydrogen-bond donors (Lipinski definition) is 0. The molecule has 2 aromatic heterocycles. The van der Waals surface area contributed by atoms with E-state index < -0.39 is 6.09 Å². The quantitative estimate of drug-likeness (QED) is 0.523. The van der Waals surface area contributed by atoms with Crippen molar-refractivity contribution in [2.75, 3.05) is 0 Å². The molecular weight excluding hydrogens is 371 g/mol. The number of halogens is 1. The van der Waals surface area contributed by atoms with Gasteiger partial charge in [-0.15, -0.1) is 0 Å². The van der Waals surface area contributed by atoms with E-state index >= 15 is 0 Å². The Hall–Kier alpha value is -3.74. The molecule has 0 N–H and O–H groups in total. The Kier molecular flexibility index (Phi) is 4.01. The summed E-state index contributed by atoms with van der Waals surface area (Å²) >= 11 is 0. The summed E-state index contributed by atoms with van der Waals surface area (Å²) in [4.78, 5) is 18.6. The minimum absolute atomic E-state index is 0.260. The first-order chi connectivity index (χ1) is 14.1. The Morgan fingerprint density at radius 2 is 1.93 bits per heavy atom. The van der Waals surface area contributed by atoms with Crippen LogP contribution in [-0.4, -0.2) is 25.8 Å². The van der Waals surface area contributed by atoms with Crippen molar-refractivity contribution in [2.45, 2.75) is 20.0 Å². The molecular formula is C22H17FN4O2. The lowest BCUT2D eigenvalue weighted by Gasteiger charge is -2.27. The highest BCUT2D eigenvalue weighted by Crippen LogP contribution is 2.31. The van der Waals surface area contributed by atoms with E-state index in [1.165, 1.54) is 17.0 Å². The second kappa shape index (κ2) is 6.70. The number of aromatic nitrogens is 3. The first-order valence-corrected chi connectivity index (χ1v) is 9.24. The van der Waals surface area contributed by atoms with Crippen molar-refractivity contribution in [3.8, 4) is 11.6 Å². The summed E-state index contributed by atoms with van der Waals surface area (Å²) < 4.78 is 20.7. The van der Waals surface area contributed by atoms with Crippen LogP contribution in [0.2, 0.25) is 0 Å². The standard InChI is InChI=1S/C22H17FN4O2/c1-14-19-11-16-13-26(12-15-6-5-7-17(23)10-15)22(28)29-21(16)24-20(19)27(25-14)18-8-3-2-4-9-18/h2-11H,12-13H2,1H3. The van der Waals surface area contributed by atoms with Gasteiger partial charge in [0.15, 0.2) is 5.65 Å². The zero-order valence-corrected chi connectivity index (χ0v) is 15.7. The summed E-state index contributed by atoms with van der Waals surface area (Å²) in [5.74, 6) is -0.0457. The van der Waals surface area contributed by atoms with Crippen LogP contribution in [0.4, 0.5) is 9.18 Å². The lowest BCUT2D eigenvalue weighted by Crippen LogP contribution is -2.36. The number of para-hydroxylation sites is 1. The molecule has 0 unspecified atom stereocenters. The van der Waals surface area contributed by atoms with Crippen molar-refractivity contribution in [2.24, 2.45) is 0 Å². The van der Waals surface area contributed by atoms with Gasteiger partial charge in [-0.05, 0) is 42.8 Å². The zero-order valence-electron chi connectivity index (χ0n) is 15.7. The van der Waals surface area contributed by atoms with Gasteiger partial charge in [0.2, 0.25) is 5.88 Å². The van der Waals surface area contributed by atoms with E-state index in [0.29, 0.717) is 17.8 Å². The van der Waals surface area contributed by atoms with Crippen LogP contribution in [0.15, 0.2) is 60.7 Å². The van der Waals surface area contributed by atoms with Gasteiger partial charge in [0.05, 0.1) is 17.9 Å². The maximum atomic E-state index is 13.5. The molecule has 1 amide bonds. The number of carbonyl (C=O) groups is 1. The van der Waals surface area contributed by atoms with E-state index in [1.807, 2.05) is 43.3 Å². The predicted molar refractivity (Wildman–Crippen MR) is 105 cm³/mol. The van der Waals surface area contributed by atoms with E-state index in [0.717, 1.165) is 22.3 Å². The summed E-state index contributed by atoms with van der Waals surface area (Å²) in [5, 5.41) is 5.50. The number of amides is 1. The van der Waals surface area contributed by atoms with Crippen molar-refractivity contribution in [3.05, 3.63) is 83.3 Å². The van der Waals surface area contributed by atoms with Crippen LogP contribution in [0.5, 0.6) is 5.88 Å². The maximum absolute atomic E-state index is 13.5. The number of hydrogen-bond acceptors (Lipinski definition) is 4. The van der Waals surface area contributed by atoms with Gasteiger partial charge >= 0.3 is 6.09 Å². The molecule has 0 saturated carbocycles. The third kappa shape index (κ3) is 3.10. The normalized spacial score (nSPS) is 13.4. The number of nitrogens with zero attached hydrogens (tertiary/aromatic N) is 4. The summed E-state index contributed by atoms with van der Waals surface area (Å²) in [5.41, 5.74) is 3.86. The molecule has 29 heavy (non-hydrogen) atoms. The van der Waals surface area contributed by atoms with E-state index in [4.69, 9.17) is 4.74 Å². The predicted octanol–water partition coefficient (Wildman–Crippen LogP) is 4.38.